The smallest absolute Gasteiger partial charge is 0.0249 e. The minimum absolute atomic E-state index is 0.716. The van der Waals surface area contributed by atoms with Crippen LogP contribution in [-0.4, -0.2) is 36.6 Å². The highest BCUT2D eigenvalue weighted by Crippen LogP contribution is 2.31. The number of nitrogens with zero attached hydrogens (tertiary/aromatic N) is 1. The third-order valence-electron chi connectivity index (χ3n) is 5.09. The van der Waals surface area contributed by atoms with E-state index in [4.69, 9.17) is 0 Å². The first kappa shape index (κ1) is 16.3. The van der Waals surface area contributed by atoms with E-state index in [1.165, 1.54) is 58.2 Å². The Balaban J connectivity index is 1.95. The zero-order valence-electron chi connectivity index (χ0n) is 14.2. The van der Waals surface area contributed by atoms with Crippen molar-refractivity contribution in [3.05, 3.63) is 0 Å². The topological polar surface area (TPSA) is 15.3 Å². The average Bonchev–Trinajstić information content (AvgIpc) is 2.38. The Morgan fingerprint density at radius 1 is 1.00 bits per heavy atom. The van der Waals surface area contributed by atoms with Gasteiger partial charge < -0.3 is 5.32 Å². The molecular formula is C18H36N2. The van der Waals surface area contributed by atoms with Gasteiger partial charge in [-0.15, -0.1) is 0 Å². The van der Waals surface area contributed by atoms with Crippen molar-refractivity contribution in [3.8, 4) is 0 Å². The van der Waals surface area contributed by atoms with Gasteiger partial charge in [0.05, 0.1) is 0 Å². The first-order valence-corrected chi connectivity index (χ1v) is 9.03. The predicted octanol–water partition coefficient (Wildman–Crippen LogP) is 3.91. The molecule has 2 heteroatoms. The van der Waals surface area contributed by atoms with Gasteiger partial charge in [-0.3, -0.25) is 4.90 Å². The van der Waals surface area contributed by atoms with E-state index in [0.29, 0.717) is 6.04 Å². The molecule has 0 aromatic rings. The third kappa shape index (κ3) is 4.73. The fourth-order valence-corrected chi connectivity index (χ4v) is 4.29. The molecule has 1 heterocycles. The highest BCUT2D eigenvalue weighted by Gasteiger charge is 2.34. The molecule has 0 aromatic carbocycles. The van der Waals surface area contributed by atoms with Crippen LogP contribution >= 0.6 is 0 Å². The SMILES string of the molecule is CC(C)CC1CN(CC(C)C)C(C2CCCCC2)CN1. The second-order valence-corrected chi connectivity index (χ2v) is 8.05. The molecule has 0 radical (unpaired) electrons. The fourth-order valence-electron chi connectivity index (χ4n) is 4.29. The Morgan fingerprint density at radius 2 is 1.70 bits per heavy atom. The van der Waals surface area contributed by atoms with Crippen molar-refractivity contribution in [1.82, 2.24) is 10.2 Å². The summed E-state index contributed by atoms with van der Waals surface area (Å²) in [5, 5.41) is 3.86. The van der Waals surface area contributed by atoms with Crippen LogP contribution in [0.3, 0.4) is 0 Å². The van der Waals surface area contributed by atoms with E-state index in [0.717, 1.165) is 23.8 Å². The first-order valence-electron chi connectivity index (χ1n) is 9.03. The lowest BCUT2D eigenvalue weighted by molar-refractivity contribution is 0.0578. The van der Waals surface area contributed by atoms with Gasteiger partial charge in [-0.2, -0.15) is 0 Å². The summed E-state index contributed by atoms with van der Waals surface area (Å²) in [6.07, 6.45) is 8.66. The lowest BCUT2D eigenvalue weighted by atomic mass is 9.81. The summed E-state index contributed by atoms with van der Waals surface area (Å²) >= 11 is 0. The van der Waals surface area contributed by atoms with Gasteiger partial charge in [0.25, 0.3) is 0 Å². The zero-order chi connectivity index (χ0) is 14.5. The Hall–Kier alpha value is -0.0800. The Labute approximate surface area is 126 Å². The van der Waals surface area contributed by atoms with Crippen molar-refractivity contribution >= 4 is 0 Å². The van der Waals surface area contributed by atoms with Crippen molar-refractivity contribution in [3.63, 3.8) is 0 Å². The molecule has 2 nitrogen and oxygen atoms in total. The molecule has 2 fully saturated rings. The van der Waals surface area contributed by atoms with Crippen LogP contribution in [0.25, 0.3) is 0 Å². The van der Waals surface area contributed by atoms with E-state index in [2.05, 4.69) is 37.9 Å². The molecule has 0 aromatic heterocycles. The van der Waals surface area contributed by atoms with Crippen LogP contribution < -0.4 is 5.32 Å². The maximum absolute atomic E-state index is 3.86. The number of rotatable bonds is 5. The van der Waals surface area contributed by atoms with Gasteiger partial charge >= 0.3 is 0 Å². The van der Waals surface area contributed by atoms with E-state index >= 15 is 0 Å². The summed E-state index contributed by atoms with van der Waals surface area (Å²) in [6.45, 7) is 13.2. The van der Waals surface area contributed by atoms with E-state index in [1.54, 1.807) is 0 Å². The van der Waals surface area contributed by atoms with Crippen LogP contribution in [0.1, 0.15) is 66.2 Å². The standard InChI is InChI=1S/C18H36N2/c1-14(2)10-17-13-20(12-15(3)4)18(11-19-17)16-8-6-5-7-9-16/h14-19H,5-13H2,1-4H3. The Bertz CT molecular complexity index is 269. The largest absolute Gasteiger partial charge is 0.311 e. The molecule has 1 N–H and O–H groups in total. The van der Waals surface area contributed by atoms with Crippen LogP contribution in [0.4, 0.5) is 0 Å². The van der Waals surface area contributed by atoms with Crippen LogP contribution in [-0.2, 0) is 0 Å². The highest BCUT2D eigenvalue weighted by molar-refractivity contribution is 4.91. The quantitative estimate of drug-likeness (QED) is 0.821. The summed E-state index contributed by atoms with van der Waals surface area (Å²) in [5.74, 6) is 2.55. The zero-order valence-corrected chi connectivity index (χ0v) is 14.2. The summed E-state index contributed by atoms with van der Waals surface area (Å²) < 4.78 is 0. The van der Waals surface area contributed by atoms with Gasteiger partial charge in [-0.05, 0) is 37.0 Å². The molecule has 0 amide bonds. The minimum Gasteiger partial charge on any atom is -0.311 e. The molecule has 20 heavy (non-hydrogen) atoms. The average molecular weight is 280 g/mol. The van der Waals surface area contributed by atoms with Crippen molar-refractivity contribution in [1.29, 1.82) is 0 Å². The van der Waals surface area contributed by atoms with Gasteiger partial charge in [0, 0.05) is 31.7 Å². The molecule has 0 spiro atoms. The molecule has 1 saturated carbocycles. The molecule has 2 aliphatic rings. The third-order valence-corrected chi connectivity index (χ3v) is 5.09. The van der Waals surface area contributed by atoms with Crippen LogP contribution in [0.2, 0.25) is 0 Å². The van der Waals surface area contributed by atoms with E-state index in [9.17, 15) is 0 Å². The summed E-state index contributed by atoms with van der Waals surface area (Å²) in [5.41, 5.74) is 0. The number of hydrogen-bond acceptors (Lipinski definition) is 2. The lowest BCUT2D eigenvalue weighted by Gasteiger charge is -2.46. The fraction of sp³-hybridized carbons (Fsp3) is 1.00. The second kappa shape index (κ2) is 7.79. The maximum Gasteiger partial charge on any atom is 0.0249 e. The molecule has 1 aliphatic heterocycles. The molecule has 1 aliphatic carbocycles. The van der Waals surface area contributed by atoms with Crippen molar-refractivity contribution < 1.29 is 0 Å². The van der Waals surface area contributed by atoms with Crippen molar-refractivity contribution in [2.24, 2.45) is 17.8 Å². The van der Waals surface area contributed by atoms with E-state index < -0.39 is 0 Å². The van der Waals surface area contributed by atoms with Gasteiger partial charge in [-0.25, -0.2) is 0 Å². The number of hydrogen-bond donors (Lipinski definition) is 1. The van der Waals surface area contributed by atoms with Crippen molar-refractivity contribution in [2.75, 3.05) is 19.6 Å². The normalized spacial score (nSPS) is 30.3. The van der Waals surface area contributed by atoms with Crippen molar-refractivity contribution in [2.45, 2.75) is 78.3 Å². The number of piperazine rings is 1. The highest BCUT2D eigenvalue weighted by atomic mass is 15.2. The van der Waals surface area contributed by atoms with Crippen LogP contribution in [0.5, 0.6) is 0 Å². The monoisotopic (exact) mass is 280 g/mol. The Morgan fingerprint density at radius 3 is 2.30 bits per heavy atom. The molecule has 2 rings (SSSR count). The predicted molar refractivity (Wildman–Crippen MR) is 88.0 cm³/mol. The van der Waals surface area contributed by atoms with E-state index in [-0.39, 0.29) is 0 Å². The summed E-state index contributed by atoms with van der Waals surface area (Å²) in [6, 6.07) is 1.52. The summed E-state index contributed by atoms with van der Waals surface area (Å²) in [7, 11) is 0. The first-order chi connectivity index (χ1) is 9.56. The molecule has 1 saturated heterocycles. The van der Waals surface area contributed by atoms with Crippen LogP contribution in [0, 0.1) is 17.8 Å². The van der Waals surface area contributed by atoms with Gasteiger partial charge in [0.1, 0.15) is 0 Å². The summed E-state index contributed by atoms with van der Waals surface area (Å²) in [4.78, 5) is 2.84. The lowest BCUT2D eigenvalue weighted by Crippen LogP contribution is -2.59. The van der Waals surface area contributed by atoms with E-state index in [1.807, 2.05) is 0 Å². The number of nitrogens with one attached hydrogen (secondary N) is 1. The molecule has 2 atom stereocenters. The van der Waals surface area contributed by atoms with Gasteiger partial charge in [-0.1, -0.05) is 47.0 Å². The molecule has 2 unspecified atom stereocenters. The molecule has 0 bridgehead atoms. The molecule has 118 valence electrons. The molecular weight excluding hydrogens is 244 g/mol. The Kier molecular flexibility index (Phi) is 6.35. The second-order valence-electron chi connectivity index (χ2n) is 8.05. The van der Waals surface area contributed by atoms with Crippen LogP contribution in [0.15, 0.2) is 0 Å². The van der Waals surface area contributed by atoms with Gasteiger partial charge in [0.2, 0.25) is 0 Å². The minimum atomic E-state index is 0.716. The van der Waals surface area contributed by atoms with Gasteiger partial charge in [0.15, 0.2) is 0 Å². The maximum atomic E-state index is 3.86.